The Labute approximate surface area is 146 Å². The zero-order valence-corrected chi connectivity index (χ0v) is 14.3. The average molecular weight is 349 g/mol. The summed E-state index contributed by atoms with van der Waals surface area (Å²) in [4.78, 5) is 6.51. The van der Waals surface area contributed by atoms with Gasteiger partial charge >= 0.3 is 0 Å². The minimum atomic E-state index is 0.474. The van der Waals surface area contributed by atoms with Gasteiger partial charge in [-0.3, -0.25) is 9.58 Å². The van der Waals surface area contributed by atoms with E-state index in [4.69, 9.17) is 21.1 Å². The third kappa shape index (κ3) is 3.35. The molecule has 2 aliphatic heterocycles. The summed E-state index contributed by atoms with van der Waals surface area (Å²) in [5.41, 5.74) is 1.16. The number of hydrogen-bond acceptors (Lipinski definition) is 5. The van der Waals surface area contributed by atoms with Crippen LogP contribution in [0.25, 0.3) is 0 Å². The van der Waals surface area contributed by atoms with Crippen molar-refractivity contribution in [3.8, 4) is 11.5 Å². The van der Waals surface area contributed by atoms with Gasteiger partial charge in [0.15, 0.2) is 11.5 Å². The van der Waals surface area contributed by atoms with Gasteiger partial charge in [-0.1, -0.05) is 11.6 Å². The third-order valence-corrected chi connectivity index (χ3v) is 4.89. The topological polar surface area (TPSA) is 52.4 Å². The van der Waals surface area contributed by atoms with Crippen molar-refractivity contribution in [1.82, 2.24) is 19.7 Å². The van der Waals surface area contributed by atoms with Crippen molar-refractivity contribution in [3.63, 3.8) is 0 Å². The van der Waals surface area contributed by atoms with Crippen LogP contribution in [0.3, 0.4) is 0 Å². The van der Waals surface area contributed by atoms with E-state index in [1.54, 1.807) is 12.7 Å². The fraction of sp³-hybridized carbons (Fsp3) is 0.529. The van der Waals surface area contributed by atoms with Crippen LogP contribution in [0, 0.1) is 0 Å². The van der Waals surface area contributed by atoms with E-state index in [-0.39, 0.29) is 0 Å². The predicted molar refractivity (Wildman–Crippen MR) is 90.5 cm³/mol. The fourth-order valence-electron chi connectivity index (χ4n) is 3.46. The first-order chi connectivity index (χ1) is 11.8. The molecule has 0 saturated carbocycles. The van der Waals surface area contributed by atoms with Crippen molar-refractivity contribution in [1.29, 1.82) is 0 Å². The summed E-state index contributed by atoms with van der Waals surface area (Å²) < 4.78 is 13.4. The Morgan fingerprint density at radius 3 is 3.00 bits per heavy atom. The largest absolute Gasteiger partial charge is 0.489 e. The lowest BCUT2D eigenvalue weighted by Crippen LogP contribution is -2.32. The molecule has 24 heavy (non-hydrogen) atoms. The van der Waals surface area contributed by atoms with Gasteiger partial charge in [-0.2, -0.15) is 5.10 Å². The molecule has 1 aromatic carbocycles. The summed E-state index contributed by atoms with van der Waals surface area (Å²) in [6, 6.07) is 4.54. The Morgan fingerprint density at radius 2 is 2.12 bits per heavy atom. The standard InChI is InChI=1S/C17H21ClN4O2/c18-15-7-13(8-16-17(15)24-6-2-5-23-16)9-21-4-1-3-14(21)10-22-12-19-11-20-22/h7-8,11-12,14H,1-6,9-10H2/t14-/m1/s1. The number of halogens is 1. The van der Waals surface area contributed by atoms with Crippen LogP contribution in [0.4, 0.5) is 0 Å². The maximum absolute atomic E-state index is 6.41. The zero-order valence-electron chi connectivity index (χ0n) is 13.5. The second kappa shape index (κ2) is 6.99. The zero-order chi connectivity index (χ0) is 16.4. The first-order valence-electron chi connectivity index (χ1n) is 8.44. The highest BCUT2D eigenvalue weighted by molar-refractivity contribution is 6.32. The van der Waals surface area contributed by atoms with E-state index in [9.17, 15) is 0 Å². The molecule has 0 amide bonds. The lowest BCUT2D eigenvalue weighted by atomic mass is 10.1. The summed E-state index contributed by atoms with van der Waals surface area (Å²) >= 11 is 6.41. The Hall–Kier alpha value is -1.79. The molecule has 1 aromatic heterocycles. The Balaban J connectivity index is 1.50. The Kier molecular flexibility index (Phi) is 4.58. The van der Waals surface area contributed by atoms with Crippen molar-refractivity contribution in [3.05, 3.63) is 35.4 Å². The second-order valence-electron chi connectivity index (χ2n) is 6.34. The van der Waals surface area contributed by atoms with Crippen molar-refractivity contribution in [2.45, 2.75) is 38.4 Å². The summed E-state index contributed by atoms with van der Waals surface area (Å²) in [6.07, 6.45) is 6.63. The number of rotatable bonds is 4. The molecule has 2 aliphatic rings. The molecule has 1 saturated heterocycles. The summed E-state index contributed by atoms with van der Waals surface area (Å²) in [5.74, 6) is 1.44. The highest BCUT2D eigenvalue weighted by atomic mass is 35.5. The highest BCUT2D eigenvalue weighted by Gasteiger charge is 2.26. The summed E-state index contributed by atoms with van der Waals surface area (Å²) in [5, 5.41) is 4.86. The summed E-state index contributed by atoms with van der Waals surface area (Å²) in [7, 11) is 0. The maximum atomic E-state index is 6.41. The SMILES string of the molecule is Clc1cc(CN2CCC[C@@H]2Cn2cncn2)cc2c1OCCCO2. The van der Waals surface area contributed by atoms with Gasteiger partial charge in [0.2, 0.25) is 0 Å². The van der Waals surface area contributed by atoms with Crippen molar-refractivity contribution >= 4 is 11.6 Å². The molecule has 128 valence electrons. The van der Waals surface area contributed by atoms with Crippen LogP contribution in [0.15, 0.2) is 24.8 Å². The number of likely N-dealkylation sites (tertiary alicyclic amines) is 1. The van der Waals surface area contributed by atoms with Gasteiger partial charge in [-0.05, 0) is 37.1 Å². The number of ether oxygens (including phenoxy) is 2. The molecule has 0 bridgehead atoms. The van der Waals surface area contributed by atoms with Gasteiger partial charge in [-0.15, -0.1) is 0 Å². The van der Waals surface area contributed by atoms with Crippen LogP contribution >= 0.6 is 11.6 Å². The van der Waals surface area contributed by atoms with Crippen molar-refractivity contribution in [2.75, 3.05) is 19.8 Å². The maximum Gasteiger partial charge on any atom is 0.179 e. The van der Waals surface area contributed by atoms with Gasteiger partial charge in [0, 0.05) is 19.0 Å². The molecular weight excluding hydrogens is 328 g/mol. The molecule has 7 heteroatoms. The van der Waals surface area contributed by atoms with E-state index in [0.29, 0.717) is 30.0 Å². The minimum absolute atomic E-state index is 0.474. The van der Waals surface area contributed by atoms with E-state index >= 15 is 0 Å². The van der Waals surface area contributed by atoms with Crippen LogP contribution in [0.2, 0.25) is 5.02 Å². The first-order valence-corrected chi connectivity index (χ1v) is 8.82. The summed E-state index contributed by atoms with van der Waals surface area (Å²) in [6.45, 7) is 4.14. The van der Waals surface area contributed by atoms with Crippen LogP contribution < -0.4 is 9.47 Å². The van der Waals surface area contributed by atoms with Gasteiger partial charge in [0.1, 0.15) is 12.7 Å². The van der Waals surface area contributed by atoms with Crippen molar-refractivity contribution < 1.29 is 9.47 Å². The fourth-order valence-corrected chi connectivity index (χ4v) is 3.75. The van der Waals surface area contributed by atoms with E-state index in [2.05, 4.69) is 21.0 Å². The number of nitrogens with zero attached hydrogens (tertiary/aromatic N) is 4. The quantitative estimate of drug-likeness (QED) is 0.850. The van der Waals surface area contributed by atoms with E-state index in [1.807, 2.05) is 10.7 Å². The molecule has 1 atom stereocenters. The number of aromatic nitrogens is 3. The van der Waals surface area contributed by atoms with Gasteiger partial charge in [-0.25, -0.2) is 4.98 Å². The third-order valence-electron chi connectivity index (χ3n) is 4.61. The Bertz CT molecular complexity index is 692. The molecule has 0 unspecified atom stereocenters. The van der Waals surface area contributed by atoms with Gasteiger partial charge < -0.3 is 9.47 Å². The average Bonchev–Trinajstić information content (AvgIpc) is 3.16. The normalized spacial score (nSPS) is 21.0. The number of benzene rings is 1. The second-order valence-corrected chi connectivity index (χ2v) is 6.75. The molecule has 2 aromatic rings. The molecular formula is C17H21ClN4O2. The molecule has 0 aliphatic carbocycles. The van der Waals surface area contributed by atoms with Crippen LogP contribution in [-0.2, 0) is 13.1 Å². The molecule has 6 nitrogen and oxygen atoms in total. The molecule has 0 N–H and O–H groups in total. The minimum Gasteiger partial charge on any atom is -0.489 e. The van der Waals surface area contributed by atoms with Gasteiger partial charge in [0.25, 0.3) is 0 Å². The van der Waals surface area contributed by atoms with E-state index in [1.165, 1.54) is 12.8 Å². The molecule has 0 radical (unpaired) electrons. The lowest BCUT2D eigenvalue weighted by Gasteiger charge is -2.25. The highest BCUT2D eigenvalue weighted by Crippen LogP contribution is 2.38. The van der Waals surface area contributed by atoms with Crippen molar-refractivity contribution in [2.24, 2.45) is 0 Å². The monoisotopic (exact) mass is 348 g/mol. The van der Waals surface area contributed by atoms with E-state index < -0.39 is 0 Å². The first kappa shape index (κ1) is 15.7. The van der Waals surface area contributed by atoms with Crippen LogP contribution in [-0.4, -0.2) is 45.5 Å². The Morgan fingerprint density at radius 1 is 1.21 bits per heavy atom. The molecule has 0 spiro atoms. The predicted octanol–water partition coefficient (Wildman–Crippen LogP) is 2.76. The van der Waals surface area contributed by atoms with Gasteiger partial charge in [0.05, 0.1) is 24.8 Å². The molecule has 3 heterocycles. The molecule has 4 rings (SSSR count). The number of hydrogen-bond donors (Lipinski definition) is 0. The van der Waals surface area contributed by atoms with Crippen LogP contribution in [0.5, 0.6) is 11.5 Å². The van der Waals surface area contributed by atoms with Crippen LogP contribution in [0.1, 0.15) is 24.8 Å². The smallest absolute Gasteiger partial charge is 0.179 e. The lowest BCUT2D eigenvalue weighted by molar-refractivity contribution is 0.218. The van der Waals surface area contributed by atoms with E-state index in [0.717, 1.165) is 37.4 Å². The molecule has 1 fully saturated rings. The number of fused-ring (bicyclic) bond motifs is 1.